The molecule has 158 valence electrons. The molecular formula is C25H20N4O3. The Morgan fingerprint density at radius 1 is 1.06 bits per heavy atom. The molecule has 0 radical (unpaired) electrons. The van der Waals surface area contributed by atoms with Crippen molar-refractivity contribution < 1.29 is 4.79 Å². The monoisotopic (exact) mass is 424 g/mol. The Labute approximate surface area is 183 Å². The molecule has 0 saturated heterocycles. The van der Waals surface area contributed by atoms with Crippen LogP contribution in [0.25, 0.3) is 22.2 Å². The number of rotatable bonds is 4. The summed E-state index contributed by atoms with van der Waals surface area (Å²) in [6.07, 6.45) is 1.21. The maximum atomic E-state index is 13.6. The molecule has 0 atom stereocenters. The molecule has 32 heavy (non-hydrogen) atoms. The van der Waals surface area contributed by atoms with Crippen molar-refractivity contribution in [2.75, 3.05) is 0 Å². The third kappa shape index (κ3) is 2.84. The standard InChI is InChI=1S/C25H20N4O3/c1-27-19-11-6-5-10-17(19)22(23(27)16-8-3-2-4-9-16)21(30)15-29-24(31)18(14-26)20-12-7-13-28(20)25(29)32/h2-6,8-11H,7,12-13,15H2,1H3. The number of Topliss-reactive ketones (excluding diaryl/α,β-unsaturated/α-hetero) is 1. The van der Waals surface area contributed by atoms with Gasteiger partial charge in [-0.3, -0.25) is 18.7 Å². The molecule has 0 saturated carbocycles. The largest absolute Gasteiger partial charge is 0.343 e. The zero-order valence-electron chi connectivity index (χ0n) is 17.5. The maximum absolute atomic E-state index is 13.6. The molecule has 7 heteroatoms. The second-order valence-corrected chi connectivity index (χ2v) is 7.95. The number of nitrogens with zero attached hydrogens (tertiary/aromatic N) is 4. The molecule has 2 aromatic carbocycles. The van der Waals surface area contributed by atoms with Crippen LogP contribution >= 0.6 is 0 Å². The van der Waals surface area contributed by atoms with Gasteiger partial charge in [0.2, 0.25) is 0 Å². The summed E-state index contributed by atoms with van der Waals surface area (Å²) >= 11 is 0. The van der Waals surface area contributed by atoms with Crippen LogP contribution in [0.1, 0.15) is 28.0 Å². The molecule has 4 aromatic rings. The Kier molecular flexibility index (Phi) is 4.63. The first-order valence-electron chi connectivity index (χ1n) is 10.5. The number of hydrogen-bond donors (Lipinski definition) is 0. The molecule has 7 nitrogen and oxygen atoms in total. The topological polar surface area (TPSA) is 89.8 Å². The first-order valence-corrected chi connectivity index (χ1v) is 10.5. The van der Waals surface area contributed by atoms with E-state index in [9.17, 15) is 19.6 Å². The molecule has 3 heterocycles. The summed E-state index contributed by atoms with van der Waals surface area (Å²) in [5.41, 5.74) is 2.14. The van der Waals surface area contributed by atoms with E-state index < -0.39 is 17.8 Å². The Bertz CT molecular complexity index is 1550. The highest BCUT2D eigenvalue weighted by molar-refractivity contribution is 6.13. The predicted octanol–water partition coefficient (Wildman–Crippen LogP) is 2.87. The summed E-state index contributed by atoms with van der Waals surface area (Å²) in [6, 6.07) is 19.1. The smallest absolute Gasteiger partial charge is 0.331 e. The van der Waals surface area contributed by atoms with Gasteiger partial charge in [0, 0.05) is 30.2 Å². The Morgan fingerprint density at radius 2 is 1.78 bits per heavy atom. The summed E-state index contributed by atoms with van der Waals surface area (Å²) in [5.74, 6) is -0.345. The van der Waals surface area contributed by atoms with Crippen LogP contribution < -0.4 is 11.2 Å². The first kappa shape index (κ1) is 19.8. The van der Waals surface area contributed by atoms with E-state index in [0.29, 0.717) is 30.6 Å². The molecule has 0 amide bonds. The van der Waals surface area contributed by atoms with E-state index in [1.807, 2.05) is 72.3 Å². The minimum absolute atomic E-state index is 0.0453. The predicted molar refractivity (Wildman–Crippen MR) is 121 cm³/mol. The van der Waals surface area contributed by atoms with E-state index in [0.717, 1.165) is 26.7 Å². The summed E-state index contributed by atoms with van der Waals surface area (Å²) in [4.78, 5) is 39.6. The third-order valence-electron chi connectivity index (χ3n) is 6.18. The summed E-state index contributed by atoms with van der Waals surface area (Å²) < 4.78 is 4.32. The van der Waals surface area contributed by atoms with Gasteiger partial charge in [-0.25, -0.2) is 4.79 Å². The van der Waals surface area contributed by atoms with Gasteiger partial charge in [0.25, 0.3) is 5.56 Å². The number of ketones is 1. The number of carbonyl (C=O) groups excluding carboxylic acids is 1. The molecule has 1 aliphatic heterocycles. The summed E-state index contributed by atoms with van der Waals surface area (Å²) in [5, 5.41) is 10.3. The highest BCUT2D eigenvalue weighted by Gasteiger charge is 2.26. The lowest BCUT2D eigenvalue weighted by atomic mass is 10.0. The fraction of sp³-hybridized carbons (Fsp3) is 0.200. The van der Waals surface area contributed by atoms with Crippen molar-refractivity contribution in [2.45, 2.75) is 25.9 Å². The molecular weight excluding hydrogens is 404 g/mol. The van der Waals surface area contributed by atoms with Crippen LogP contribution in [0.5, 0.6) is 0 Å². The quantitative estimate of drug-likeness (QED) is 0.471. The third-order valence-corrected chi connectivity index (χ3v) is 6.18. The van der Waals surface area contributed by atoms with Gasteiger partial charge in [0.15, 0.2) is 5.78 Å². The number of aryl methyl sites for hydroxylation is 1. The number of para-hydroxylation sites is 1. The van der Waals surface area contributed by atoms with Crippen LogP contribution in [0.15, 0.2) is 64.2 Å². The number of nitriles is 1. The normalized spacial score (nSPS) is 12.6. The number of benzene rings is 2. The zero-order valence-corrected chi connectivity index (χ0v) is 17.5. The van der Waals surface area contributed by atoms with E-state index >= 15 is 0 Å². The van der Waals surface area contributed by atoms with Crippen molar-refractivity contribution in [3.05, 3.63) is 92.3 Å². The van der Waals surface area contributed by atoms with Crippen LogP contribution in [0.2, 0.25) is 0 Å². The maximum Gasteiger partial charge on any atom is 0.331 e. The summed E-state index contributed by atoms with van der Waals surface area (Å²) in [7, 11) is 1.89. The Balaban J connectivity index is 1.71. The van der Waals surface area contributed by atoms with Gasteiger partial charge in [-0.05, 0) is 24.5 Å². The van der Waals surface area contributed by atoms with Crippen molar-refractivity contribution in [1.29, 1.82) is 5.26 Å². The van der Waals surface area contributed by atoms with E-state index in [2.05, 4.69) is 0 Å². The van der Waals surface area contributed by atoms with Crippen LogP contribution in [-0.4, -0.2) is 19.5 Å². The van der Waals surface area contributed by atoms with E-state index in [1.54, 1.807) is 0 Å². The molecule has 0 N–H and O–H groups in total. The van der Waals surface area contributed by atoms with E-state index in [1.165, 1.54) is 4.57 Å². The van der Waals surface area contributed by atoms with Gasteiger partial charge in [0.05, 0.1) is 17.8 Å². The molecule has 0 fully saturated rings. The van der Waals surface area contributed by atoms with Gasteiger partial charge in [-0.15, -0.1) is 0 Å². The Hall–Kier alpha value is -4.18. The minimum atomic E-state index is -0.694. The number of aromatic nitrogens is 3. The van der Waals surface area contributed by atoms with Gasteiger partial charge >= 0.3 is 5.69 Å². The van der Waals surface area contributed by atoms with Crippen LogP contribution in [-0.2, 0) is 26.6 Å². The number of fused-ring (bicyclic) bond motifs is 2. The molecule has 1 aliphatic rings. The van der Waals surface area contributed by atoms with E-state index in [-0.39, 0.29) is 11.3 Å². The van der Waals surface area contributed by atoms with Crippen molar-refractivity contribution in [2.24, 2.45) is 7.05 Å². The minimum Gasteiger partial charge on any atom is -0.343 e. The SMILES string of the molecule is Cn1c(-c2ccccc2)c(C(=O)Cn2c(=O)c(C#N)c3n(c2=O)CCC3)c2ccccc21. The first-order chi connectivity index (χ1) is 15.5. The van der Waals surface area contributed by atoms with Crippen molar-refractivity contribution >= 4 is 16.7 Å². The van der Waals surface area contributed by atoms with Crippen LogP contribution in [0.3, 0.4) is 0 Å². The fourth-order valence-electron chi connectivity index (χ4n) is 4.72. The molecule has 0 unspecified atom stereocenters. The van der Waals surface area contributed by atoms with Crippen LogP contribution in [0, 0.1) is 11.3 Å². The van der Waals surface area contributed by atoms with Crippen LogP contribution in [0.4, 0.5) is 0 Å². The molecule has 5 rings (SSSR count). The molecule has 0 aliphatic carbocycles. The second-order valence-electron chi connectivity index (χ2n) is 7.95. The highest BCUT2D eigenvalue weighted by Crippen LogP contribution is 2.33. The summed E-state index contributed by atoms with van der Waals surface area (Å²) in [6.45, 7) is 0.0291. The number of carbonyl (C=O) groups is 1. The lowest BCUT2D eigenvalue weighted by Gasteiger charge is -2.12. The van der Waals surface area contributed by atoms with Gasteiger partial charge in [-0.2, -0.15) is 5.26 Å². The highest BCUT2D eigenvalue weighted by atomic mass is 16.2. The fourth-order valence-corrected chi connectivity index (χ4v) is 4.72. The molecule has 2 aromatic heterocycles. The van der Waals surface area contributed by atoms with Crippen molar-refractivity contribution in [3.63, 3.8) is 0 Å². The average molecular weight is 424 g/mol. The average Bonchev–Trinajstić information content (AvgIpc) is 3.41. The molecule has 0 spiro atoms. The lowest BCUT2D eigenvalue weighted by Crippen LogP contribution is -2.43. The second kappa shape index (κ2) is 7.50. The Morgan fingerprint density at radius 3 is 2.53 bits per heavy atom. The zero-order chi connectivity index (χ0) is 22.4. The molecule has 0 bridgehead atoms. The van der Waals surface area contributed by atoms with Crippen molar-refractivity contribution in [3.8, 4) is 17.3 Å². The lowest BCUT2D eigenvalue weighted by molar-refractivity contribution is 0.0970. The van der Waals surface area contributed by atoms with Gasteiger partial charge in [-0.1, -0.05) is 48.5 Å². The van der Waals surface area contributed by atoms with Gasteiger partial charge < -0.3 is 4.57 Å². The van der Waals surface area contributed by atoms with Crippen molar-refractivity contribution in [1.82, 2.24) is 13.7 Å². The van der Waals surface area contributed by atoms with E-state index in [4.69, 9.17) is 0 Å². The van der Waals surface area contributed by atoms with Gasteiger partial charge in [0.1, 0.15) is 11.6 Å². The number of hydrogen-bond acceptors (Lipinski definition) is 4.